The Bertz CT molecular complexity index is 1410. The van der Waals surface area contributed by atoms with Gasteiger partial charge in [0, 0.05) is 12.8 Å². The Kier molecular flexibility index (Phi) is 58.0. The van der Waals surface area contributed by atoms with Crippen LogP contribution in [-0.4, -0.2) is 100 Å². The predicted molar refractivity (Wildman–Crippen MR) is 343 cm³/mol. The Morgan fingerprint density at radius 1 is 0.439 bits per heavy atom. The minimum Gasteiger partial charge on any atom is -0.466 e. The number of carbonyl (C=O) groups is 2. The fourth-order valence-corrected chi connectivity index (χ4v) is 11.4. The van der Waals surface area contributed by atoms with E-state index in [0.29, 0.717) is 19.4 Å². The van der Waals surface area contributed by atoms with E-state index in [0.717, 1.165) is 51.4 Å². The number of rotatable bonds is 63. The van der Waals surface area contributed by atoms with E-state index in [1.165, 1.54) is 276 Å². The minimum absolute atomic E-state index is 0.0122. The van der Waals surface area contributed by atoms with Gasteiger partial charge in [-0.05, 0) is 57.8 Å². The van der Waals surface area contributed by atoms with Gasteiger partial charge in [0.05, 0.1) is 32.0 Å². The van der Waals surface area contributed by atoms with Crippen LogP contribution in [0.15, 0.2) is 24.3 Å². The molecule has 484 valence electrons. The lowest BCUT2D eigenvalue weighted by molar-refractivity contribution is -0.302. The molecule has 0 bridgehead atoms. The molecule has 11 heteroatoms. The van der Waals surface area contributed by atoms with Crippen LogP contribution in [-0.2, 0) is 23.8 Å². The van der Waals surface area contributed by atoms with Crippen LogP contribution in [0.1, 0.15) is 354 Å². The molecule has 1 aliphatic heterocycles. The number of aliphatic hydroxyl groups excluding tert-OH is 5. The molecule has 11 nitrogen and oxygen atoms in total. The number of hydrogen-bond acceptors (Lipinski definition) is 10. The lowest BCUT2D eigenvalue weighted by Crippen LogP contribution is -2.60. The first-order valence-corrected chi connectivity index (χ1v) is 35.6. The van der Waals surface area contributed by atoms with Crippen LogP contribution in [0.3, 0.4) is 0 Å². The first kappa shape index (κ1) is 78.2. The van der Waals surface area contributed by atoms with Crippen molar-refractivity contribution >= 4 is 11.9 Å². The van der Waals surface area contributed by atoms with Crippen molar-refractivity contribution in [3.8, 4) is 0 Å². The van der Waals surface area contributed by atoms with Gasteiger partial charge < -0.3 is 45.1 Å². The zero-order valence-electron chi connectivity index (χ0n) is 53.7. The molecular weight excluding hydrogens is 1030 g/mol. The van der Waals surface area contributed by atoms with Gasteiger partial charge in [0.15, 0.2) is 6.29 Å². The van der Waals surface area contributed by atoms with Gasteiger partial charge in [0.25, 0.3) is 0 Å². The standard InChI is InChI=1S/C71H135NO10/c1-3-5-7-9-11-13-14-15-32-36-39-43-47-51-55-59-67(76)80-60-56-52-48-44-40-37-34-31-29-27-25-23-21-19-17-16-18-20-22-24-26-28-30-33-35-38-42-46-50-54-58-66(75)72-63(64(74)57-53-49-45-41-12-10-8-6-4-2)62-81-71-70(79)69(78)68(77)65(61-73)82-71/h17,19,53,57,63-65,68-71,73-74,77-79H,3-16,18,20-52,54-56,58-62H2,1-2H3,(H,72,75)/b19-17-,57-53+. The molecule has 0 aromatic heterocycles. The van der Waals surface area contributed by atoms with Crippen LogP contribution in [0, 0.1) is 0 Å². The van der Waals surface area contributed by atoms with Gasteiger partial charge in [-0.25, -0.2) is 0 Å². The number of esters is 1. The molecule has 1 aliphatic rings. The molecule has 1 rings (SSSR count). The van der Waals surface area contributed by atoms with Crippen molar-refractivity contribution in [2.24, 2.45) is 0 Å². The third-order valence-corrected chi connectivity index (χ3v) is 17.1. The maximum Gasteiger partial charge on any atom is 0.305 e. The lowest BCUT2D eigenvalue weighted by atomic mass is 9.99. The summed E-state index contributed by atoms with van der Waals surface area (Å²) in [6, 6.07) is -0.807. The second-order valence-corrected chi connectivity index (χ2v) is 24.9. The Morgan fingerprint density at radius 3 is 1.17 bits per heavy atom. The maximum absolute atomic E-state index is 13.0. The first-order valence-electron chi connectivity index (χ1n) is 35.6. The van der Waals surface area contributed by atoms with Crippen molar-refractivity contribution in [3.05, 3.63) is 24.3 Å². The van der Waals surface area contributed by atoms with E-state index in [2.05, 4.69) is 31.3 Å². The number of allylic oxidation sites excluding steroid dienone is 3. The zero-order chi connectivity index (χ0) is 59.5. The summed E-state index contributed by atoms with van der Waals surface area (Å²) in [5.41, 5.74) is 0. The van der Waals surface area contributed by atoms with Crippen LogP contribution in [0.4, 0.5) is 0 Å². The number of carbonyl (C=O) groups excluding carboxylic acids is 2. The number of aliphatic hydroxyl groups is 5. The fourth-order valence-electron chi connectivity index (χ4n) is 11.4. The van der Waals surface area contributed by atoms with Crippen molar-refractivity contribution < 1.29 is 49.3 Å². The molecule has 0 spiro atoms. The van der Waals surface area contributed by atoms with Gasteiger partial charge in [0.1, 0.15) is 24.4 Å². The zero-order valence-corrected chi connectivity index (χ0v) is 53.7. The molecule has 1 fully saturated rings. The highest BCUT2D eigenvalue weighted by atomic mass is 16.7. The minimum atomic E-state index is -1.57. The molecule has 7 unspecified atom stereocenters. The molecule has 0 aromatic rings. The Hall–Kier alpha value is -1.86. The summed E-state index contributed by atoms with van der Waals surface area (Å²) in [5, 5.41) is 54.3. The summed E-state index contributed by atoms with van der Waals surface area (Å²) in [6.07, 6.45) is 66.2. The molecule has 1 heterocycles. The largest absolute Gasteiger partial charge is 0.466 e. The van der Waals surface area contributed by atoms with Crippen LogP contribution < -0.4 is 5.32 Å². The summed E-state index contributed by atoms with van der Waals surface area (Å²) in [5.74, 6) is -0.169. The van der Waals surface area contributed by atoms with Crippen LogP contribution in [0.25, 0.3) is 0 Å². The van der Waals surface area contributed by atoms with Crippen molar-refractivity contribution in [1.29, 1.82) is 0 Å². The topological polar surface area (TPSA) is 175 Å². The lowest BCUT2D eigenvalue weighted by Gasteiger charge is -2.40. The molecule has 0 radical (unpaired) electrons. The van der Waals surface area contributed by atoms with Gasteiger partial charge >= 0.3 is 5.97 Å². The quantitative estimate of drug-likeness (QED) is 0.0195. The number of nitrogens with one attached hydrogen (secondary N) is 1. The van der Waals surface area contributed by atoms with Crippen molar-refractivity contribution in [2.75, 3.05) is 19.8 Å². The van der Waals surface area contributed by atoms with Crippen molar-refractivity contribution in [3.63, 3.8) is 0 Å². The summed E-state index contributed by atoms with van der Waals surface area (Å²) in [6.45, 7) is 4.35. The van der Waals surface area contributed by atoms with E-state index in [1.54, 1.807) is 6.08 Å². The Morgan fingerprint density at radius 2 is 0.780 bits per heavy atom. The van der Waals surface area contributed by atoms with Crippen LogP contribution in [0.5, 0.6) is 0 Å². The summed E-state index contributed by atoms with van der Waals surface area (Å²) in [7, 11) is 0. The number of ether oxygens (including phenoxy) is 3. The van der Waals surface area contributed by atoms with Gasteiger partial charge in [0.2, 0.25) is 5.91 Å². The second kappa shape index (κ2) is 60.8. The van der Waals surface area contributed by atoms with Gasteiger partial charge in [-0.2, -0.15) is 0 Å². The van der Waals surface area contributed by atoms with Gasteiger partial charge in [-0.3, -0.25) is 9.59 Å². The van der Waals surface area contributed by atoms with Crippen LogP contribution >= 0.6 is 0 Å². The molecule has 7 atom stereocenters. The van der Waals surface area contributed by atoms with E-state index in [-0.39, 0.29) is 18.5 Å². The van der Waals surface area contributed by atoms with E-state index in [1.807, 2.05) is 6.08 Å². The molecular formula is C71H135NO10. The third kappa shape index (κ3) is 49.3. The predicted octanol–water partition coefficient (Wildman–Crippen LogP) is 18.0. The fraction of sp³-hybridized carbons (Fsp3) is 0.915. The van der Waals surface area contributed by atoms with E-state index in [4.69, 9.17) is 14.2 Å². The summed E-state index contributed by atoms with van der Waals surface area (Å²) < 4.78 is 16.7. The molecule has 1 amide bonds. The molecule has 0 aromatic carbocycles. The van der Waals surface area contributed by atoms with Crippen molar-refractivity contribution in [2.45, 2.75) is 397 Å². The SMILES string of the molecule is CCCCCCCCC/C=C/C(O)C(COC1OC(CO)C(O)C(O)C1O)NC(=O)CCCCCCCCCCCCCCCC/C=C\CCCCCCCCCCCCCCOC(=O)CCCCCCCCCCCCCCCCC. The van der Waals surface area contributed by atoms with E-state index in [9.17, 15) is 35.1 Å². The number of unbranched alkanes of at least 4 members (excludes halogenated alkanes) is 47. The monoisotopic (exact) mass is 1160 g/mol. The second-order valence-electron chi connectivity index (χ2n) is 24.9. The molecule has 1 saturated heterocycles. The van der Waals surface area contributed by atoms with Gasteiger partial charge in [-0.1, -0.05) is 308 Å². The smallest absolute Gasteiger partial charge is 0.305 e. The third-order valence-electron chi connectivity index (χ3n) is 17.1. The highest BCUT2D eigenvalue weighted by molar-refractivity contribution is 5.76. The number of amides is 1. The number of hydrogen-bond donors (Lipinski definition) is 6. The van der Waals surface area contributed by atoms with E-state index < -0.39 is 49.5 Å². The Balaban J connectivity index is 1.91. The molecule has 6 N–H and O–H groups in total. The summed E-state index contributed by atoms with van der Waals surface area (Å²) in [4.78, 5) is 25.1. The van der Waals surface area contributed by atoms with Crippen LogP contribution in [0.2, 0.25) is 0 Å². The van der Waals surface area contributed by atoms with Gasteiger partial charge in [-0.15, -0.1) is 0 Å². The highest BCUT2D eigenvalue weighted by Crippen LogP contribution is 2.23. The molecule has 0 aliphatic carbocycles. The maximum atomic E-state index is 13.0. The normalized spacial score (nSPS) is 18.3. The first-order chi connectivity index (χ1) is 40.2. The average molecular weight is 1160 g/mol. The summed E-state index contributed by atoms with van der Waals surface area (Å²) >= 11 is 0. The average Bonchev–Trinajstić information content (AvgIpc) is 3.53. The molecule has 0 saturated carbocycles. The van der Waals surface area contributed by atoms with Crippen molar-refractivity contribution in [1.82, 2.24) is 5.32 Å². The molecule has 82 heavy (non-hydrogen) atoms. The Labute approximate surface area is 505 Å². The van der Waals surface area contributed by atoms with E-state index >= 15 is 0 Å². The highest BCUT2D eigenvalue weighted by Gasteiger charge is 2.44.